The Morgan fingerprint density at radius 3 is 2.50 bits per heavy atom. The van der Waals surface area contributed by atoms with Gasteiger partial charge in [0, 0.05) is 36.1 Å². The summed E-state index contributed by atoms with van der Waals surface area (Å²) in [5, 5.41) is 7.07. The first-order valence-corrected chi connectivity index (χ1v) is 7.02. The molecule has 2 aromatic carbocycles. The Bertz CT molecular complexity index is 692. The van der Waals surface area contributed by atoms with Crippen molar-refractivity contribution >= 4 is 29.9 Å². The quantitative estimate of drug-likeness (QED) is 0.766. The SMILES string of the molecule is C1=CNc2ccccc2C=N1.C1=Cc2ccccc2NN=C1. The first-order valence-electron chi connectivity index (χ1n) is 7.02. The van der Waals surface area contributed by atoms with Crippen molar-refractivity contribution in [2.75, 3.05) is 10.7 Å². The zero-order chi connectivity index (χ0) is 15.0. The second-order valence-corrected chi connectivity index (χ2v) is 4.66. The largest absolute Gasteiger partial charge is 0.360 e. The van der Waals surface area contributed by atoms with E-state index in [9.17, 15) is 0 Å². The maximum atomic E-state index is 4.04. The number of nitrogens with one attached hydrogen (secondary N) is 2. The van der Waals surface area contributed by atoms with Crippen LogP contribution in [0.5, 0.6) is 0 Å². The molecule has 2 heterocycles. The van der Waals surface area contributed by atoms with Crippen molar-refractivity contribution in [3.8, 4) is 0 Å². The van der Waals surface area contributed by atoms with E-state index in [1.165, 1.54) is 5.56 Å². The zero-order valence-electron chi connectivity index (χ0n) is 12.0. The Labute approximate surface area is 129 Å². The topological polar surface area (TPSA) is 48.8 Å². The number of fused-ring (bicyclic) bond motifs is 2. The number of nitrogens with zero attached hydrogens (tertiary/aromatic N) is 2. The predicted octanol–water partition coefficient (Wildman–Crippen LogP) is 4.11. The molecule has 2 aromatic rings. The number of allylic oxidation sites excluding steroid dienone is 1. The van der Waals surface area contributed by atoms with E-state index in [1.807, 2.05) is 73.1 Å². The lowest BCUT2D eigenvalue weighted by molar-refractivity contribution is 1.36. The van der Waals surface area contributed by atoms with Gasteiger partial charge in [0.05, 0.1) is 5.69 Å². The lowest BCUT2D eigenvalue weighted by Gasteiger charge is -2.01. The Kier molecular flexibility index (Phi) is 4.42. The maximum absolute atomic E-state index is 4.04. The number of hydrogen-bond donors (Lipinski definition) is 2. The molecular formula is C18H16N4. The highest BCUT2D eigenvalue weighted by Gasteiger charge is 1.97. The van der Waals surface area contributed by atoms with Crippen LogP contribution in [0.15, 0.2) is 77.1 Å². The molecule has 4 rings (SSSR count). The van der Waals surface area contributed by atoms with Gasteiger partial charge in [-0.25, -0.2) is 0 Å². The molecule has 2 aliphatic heterocycles. The molecule has 0 unspecified atom stereocenters. The van der Waals surface area contributed by atoms with Crippen LogP contribution in [0.25, 0.3) is 6.08 Å². The first-order chi connectivity index (χ1) is 10.9. The number of anilines is 2. The van der Waals surface area contributed by atoms with Gasteiger partial charge in [0.1, 0.15) is 0 Å². The van der Waals surface area contributed by atoms with E-state index in [1.54, 1.807) is 12.4 Å². The first kappa shape index (κ1) is 13.8. The number of para-hydroxylation sites is 2. The van der Waals surface area contributed by atoms with Crippen LogP contribution in [0.4, 0.5) is 11.4 Å². The maximum Gasteiger partial charge on any atom is 0.0634 e. The van der Waals surface area contributed by atoms with Crippen LogP contribution >= 0.6 is 0 Å². The number of rotatable bonds is 0. The Balaban J connectivity index is 0.000000131. The Hall–Kier alpha value is -3.14. The average Bonchev–Trinajstić information content (AvgIpc) is 2.95. The summed E-state index contributed by atoms with van der Waals surface area (Å²) in [7, 11) is 0. The predicted molar refractivity (Wildman–Crippen MR) is 94.4 cm³/mol. The van der Waals surface area contributed by atoms with Crippen LogP contribution in [0.2, 0.25) is 0 Å². The lowest BCUT2D eigenvalue weighted by atomic mass is 10.2. The number of aliphatic imine (C=N–C) groups is 1. The molecular weight excluding hydrogens is 272 g/mol. The van der Waals surface area contributed by atoms with Crippen molar-refractivity contribution in [3.05, 3.63) is 78.1 Å². The second kappa shape index (κ2) is 7.04. The lowest BCUT2D eigenvalue weighted by Crippen LogP contribution is -1.89. The highest BCUT2D eigenvalue weighted by Crippen LogP contribution is 2.17. The third-order valence-corrected chi connectivity index (χ3v) is 3.16. The molecule has 0 aliphatic carbocycles. The molecule has 0 saturated heterocycles. The van der Waals surface area contributed by atoms with E-state index in [0.29, 0.717) is 0 Å². The Morgan fingerprint density at radius 2 is 1.59 bits per heavy atom. The van der Waals surface area contributed by atoms with Gasteiger partial charge in [0.25, 0.3) is 0 Å². The van der Waals surface area contributed by atoms with Crippen LogP contribution < -0.4 is 10.7 Å². The minimum atomic E-state index is 1.05. The standard InChI is InChI=1S/2C9H8N2/c1-2-6-9-8(4-1)5-3-7-10-11-9;1-2-4-9-8(3-1)7-10-5-6-11-9/h2*1-7,11H. The van der Waals surface area contributed by atoms with Gasteiger partial charge < -0.3 is 5.32 Å². The van der Waals surface area contributed by atoms with Gasteiger partial charge in [-0.15, -0.1) is 0 Å². The summed E-state index contributed by atoms with van der Waals surface area (Å²) in [5.74, 6) is 0. The molecule has 0 amide bonds. The highest BCUT2D eigenvalue weighted by molar-refractivity contribution is 5.89. The van der Waals surface area contributed by atoms with Gasteiger partial charge in [0.15, 0.2) is 0 Å². The summed E-state index contributed by atoms with van der Waals surface area (Å²) in [6, 6.07) is 16.1. The number of hydrogen-bond acceptors (Lipinski definition) is 4. The normalized spacial score (nSPS) is 13.5. The van der Waals surface area contributed by atoms with Crippen LogP contribution in [0.1, 0.15) is 11.1 Å². The zero-order valence-corrected chi connectivity index (χ0v) is 12.0. The summed E-state index contributed by atoms with van der Waals surface area (Å²) in [5.41, 5.74) is 7.38. The molecule has 22 heavy (non-hydrogen) atoms. The minimum Gasteiger partial charge on any atom is -0.360 e. The third kappa shape index (κ3) is 3.49. The van der Waals surface area contributed by atoms with E-state index in [4.69, 9.17) is 0 Å². The molecule has 0 aromatic heterocycles. The number of hydrazone groups is 1. The van der Waals surface area contributed by atoms with Crippen molar-refractivity contribution in [2.45, 2.75) is 0 Å². The van der Waals surface area contributed by atoms with Crippen LogP contribution in [-0.2, 0) is 0 Å². The molecule has 0 bridgehead atoms. The summed E-state index contributed by atoms with van der Waals surface area (Å²) in [4.78, 5) is 4.04. The van der Waals surface area contributed by atoms with Gasteiger partial charge in [-0.1, -0.05) is 42.5 Å². The van der Waals surface area contributed by atoms with Gasteiger partial charge >= 0.3 is 0 Å². The molecule has 2 aliphatic rings. The Morgan fingerprint density at radius 1 is 0.818 bits per heavy atom. The molecule has 4 heteroatoms. The molecule has 0 spiro atoms. The van der Waals surface area contributed by atoms with Crippen molar-refractivity contribution in [2.24, 2.45) is 10.1 Å². The molecule has 0 radical (unpaired) electrons. The molecule has 0 saturated carbocycles. The second-order valence-electron chi connectivity index (χ2n) is 4.66. The number of benzene rings is 2. The third-order valence-electron chi connectivity index (χ3n) is 3.16. The molecule has 2 N–H and O–H groups in total. The fourth-order valence-corrected chi connectivity index (χ4v) is 2.08. The van der Waals surface area contributed by atoms with E-state index in [-0.39, 0.29) is 0 Å². The van der Waals surface area contributed by atoms with Gasteiger partial charge in [-0.2, -0.15) is 5.10 Å². The van der Waals surface area contributed by atoms with E-state index in [0.717, 1.165) is 16.9 Å². The summed E-state index contributed by atoms with van der Waals surface area (Å²) < 4.78 is 0. The van der Waals surface area contributed by atoms with Crippen molar-refractivity contribution in [1.82, 2.24) is 0 Å². The average molecular weight is 288 g/mol. The molecule has 0 fully saturated rings. The van der Waals surface area contributed by atoms with Gasteiger partial charge in [0.2, 0.25) is 0 Å². The van der Waals surface area contributed by atoms with Crippen LogP contribution in [0.3, 0.4) is 0 Å². The van der Waals surface area contributed by atoms with Gasteiger partial charge in [-0.3, -0.25) is 10.4 Å². The summed E-state index contributed by atoms with van der Waals surface area (Å²) in [6.45, 7) is 0. The van der Waals surface area contributed by atoms with Crippen molar-refractivity contribution < 1.29 is 0 Å². The molecule has 108 valence electrons. The highest BCUT2D eigenvalue weighted by atomic mass is 15.3. The smallest absolute Gasteiger partial charge is 0.0634 e. The fraction of sp³-hybridized carbons (Fsp3) is 0. The fourth-order valence-electron chi connectivity index (χ4n) is 2.08. The van der Waals surface area contributed by atoms with Crippen LogP contribution in [0, 0.1) is 0 Å². The van der Waals surface area contributed by atoms with Gasteiger partial charge in [-0.05, 0) is 23.8 Å². The van der Waals surface area contributed by atoms with E-state index < -0.39 is 0 Å². The van der Waals surface area contributed by atoms with Crippen molar-refractivity contribution in [3.63, 3.8) is 0 Å². The molecule has 0 atom stereocenters. The van der Waals surface area contributed by atoms with Crippen LogP contribution in [-0.4, -0.2) is 12.4 Å². The summed E-state index contributed by atoms with van der Waals surface area (Å²) >= 11 is 0. The van der Waals surface area contributed by atoms with E-state index in [2.05, 4.69) is 20.8 Å². The van der Waals surface area contributed by atoms with E-state index >= 15 is 0 Å². The summed E-state index contributed by atoms with van der Waals surface area (Å²) in [6.07, 6.45) is 11.1. The minimum absolute atomic E-state index is 1.05. The monoisotopic (exact) mass is 288 g/mol. The molecule has 4 nitrogen and oxygen atoms in total. The van der Waals surface area contributed by atoms with Crippen molar-refractivity contribution in [1.29, 1.82) is 0 Å².